The van der Waals surface area contributed by atoms with Gasteiger partial charge < -0.3 is 10.8 Å². The first-order valence-electron chi connectivity index (χ1n) is 7.75. The largest absolute Gasteiger partial charge is 0.388 e. The highest BCUT2D eigenvalue weighted by atomic mass is 35.5. The van der Waals surface area contributed by atoms with Crippen LogP contribution in [0.25, 0.3) is 0 Å². The first-order chi connectivity index (χ1) is 9.61. The number of aliphatic hydroxyl groups is 1. The maximum Gasteiger partial charge on any atom is 0.0858 e. The van der Waals surface area contributed by atoms with E-state index in [1.54, 1.807) is 0 Å². The number of hydrogen-bond acceptors (Lipinski definition) is 2. The van der Waals surface area contributed by atoms with Gasteiger partial charge in [-0.15, -0.1) is 0 Å². The van der Waals surface area contributed by atoms with E-state index >= 15 is 0 Å². The van der Waals surface area contributed by atoms with Crippen LogP contribution in [-0.4, -0.2) is 11.7 Å². The zero-order valence-corrected chi connectivity index (χ0v) is 13.1. The van der Waals surface area contributed by atoms with Gasteiger partial charge in [0.25, 0.3) is 0 Å². The summed E-state index contributed by atoms with van der Waals surface area (Å²) in [5.74, 6) is 0.811. The van der Waals surface area contributed by atoms with Crippen LogP contribution in [0.4, 0.5) is 0 Å². The fraction of sp³-hybridized carbons (Fsp3) is 0.647. The molecular formula is C17H26ClNO. The number of aliphatic hydroxyl groups excluding tert-OH is 1. The summed E-state index contributed by atoms with van der Waals surface area (Å²) in [5.41, 5.74) is 6.77. The first kappa shape index (κ1) is 15.8. The van der Waals surface area contributed by atoms with Crippen LogP contribution in [0.1, 0.15) is 57.1 Å². The molecule has 1 atom stereocenters. The average Bonchev–Trinajstić information content (AvgIpc) is 2.48. The van der Waals surface area contributed by atoms with Gasteiger partial charge in [-0.3, -0.25) is 0 Å². The molecule has 1 aliphatic carbocycles. The van der Waals surface area contributed by atoms with Gasteiger partial charge in [0, 0.05) is 17.0 Å². The third-order valence-electron chi connectivity index (χ3n) is 4.95. The van der Waals surface area contributed by atoms with Crippen molar-refractivity contribution in [3.8, 4) is 0 Å². The molecule has 0 radical (unpaired) electrons. The molecule has 2 nitrogen and oxygen atoms in total. The van der Waals surface area contributed by atoms with E-state index in [1.807, 2.05) is 24.3 Å². The lowest BCUT2D eigenvalue weighted by Crippen LogP contribution is -2.40. The minimum absolute atomic E-state index is 0.172. The average molecular weight is 296 g/mol. The summed E-state index contributed by atoms with van der Waals surface area (Å²) in [6, 6.07) is 7.55. The Morgan fingerprint density at radius 2 is 2.10 bits per heavy atom. The molecule has 1 aromatic carbocycles. The normalized spacial score (nSPS) is 28.3. The van der Waals surface area contributed by atoms with Gasteiger partial charge >= 0.3 is 0 Å². The minimum Gasteiger partial charge on any atom is -0.388 e. The van der Waals surface area contributed by atoms with Crippen molar-refractivity contribution in [2.24, 2.45) is 17.1 Å². The van der Waals surface area contributed by atoms with Gasteiger partial charge in [0.15, 0.2) is 0 Å². The summed E-state index contributed by atoms with van der Waals surface area (Å²) in [6.07, 6.45) is 6.44. The van der Waals surface area contributed by atoms with Crippen LogP contribution in [-0.2, 0) is 0 Å². The summed E-state index contributed by atoms with van der Waals surface area (Å²) in [4.78, 5) is 0. The van der Waals surface area contributed by atoms with E-state index in [0.717, 1.165) is 24.3 Å². The maximum absolute atomic E-state index is 10.8. The van der Waals surface area contributed by atoms with Gasteiger partial charge in [-0.1, -0.05) is 43.5 Å². The second kappa shape index (κ2) is 6.93. The monoisotopic (exact) mass is 295 g/mol. The minimum atomic E-state index is -0.506. The van der Waals surface area contributed by atoms with E-state index in [-0.39, 0.29) is 5.41 Å². The van der Waals surface area contributed by atoms with Crippen molar-refractivity contribution >= 4 is 11.6 Å². The van der Waals surface area contributed by atoms with Crippen LogP contribution in [0.15, 0.2) is 24.3 Å². The molecular weight excluding hydrogens is 270 g/mol. The van der Waals surface area contributed by atoms with Crippen molar-refractivity contribution in [2.75, 3.05) is 6.54 Å². The standard InChI is InChI=1S/C17H26ClNO/c1-2-4-13-7-9-17(12-19,10-8-13)16(20)14-5-3-6-15(18)11-14/h3,5-6,11,13,16,20H,2,4,7-10,12,19H2,1H3. The Morgan fingerprint density at radius 1 is 1.40 bits per heavy atom. The van der Waals surface area contributed by atoms with Gasteiger partial charge in [-0.2, -0.15) is 0 Å². The van der Waals surface area contributed by atoms with Crippen molar-refractivity contribution < 1.29 is 5.11 Å². The molecule has 20 heavy (non-hydrogen) atoms. The van der Waals surface area contributed by atoms with Crippen LogP contribution in [0.2, 0.25) is 5.02 Å². The quantitative estimate of drug-likeness (QED) is 0.850. The molecule has 0 spiro atoms. The van der Waals surface area contributed by atoms with Crippen LogP contribution >= 0.6 is 11.6 Å². The Balaban J connectivity index is 2.11. The lowest BCUT2D eigenvalue weighted by molar-refractivity contribution is -0.0108. The first-order valence-corrected chi connectivity index (χ1v) is 8.12. The topological polar surface area (TPSA) is 46.2 Å². The van der Waals surface area contributed by atoms with Crippen molar-refractivity contribution in [1.82, 2.24) is 0 Å². The predicted molar refractivity (Wildman–Crippen MR) is 84.8 cm³/mol. The number of halogens is 1. The molecule has 1 fully saturated rings. The third-order valence-corrected chi connectivity index (χ3v) is 5.18. The molecule has 0 bridgehead atoms. The molecule has 3 N–H and O–H groups in total. The molecule has 0 saturated heterocycles. The van der Waals surface area contributed by atoms with Gasteiger partial charge in [0.2, 0.25) is 0 Å². The third kappa shape index (κ3) is 3.36. The van der Waals surface area contributed by atoms with E-state index in [0.29, 0.717) is 11.6 Å². The number of rotatable bonds is 5. The number of nitrogens with two attached hydrogens (primary N) is 1. The van der Waals surface area contributed by atoms with E-state index in [1.165, 1.54) is 25.7 Å². The van der Waals surface area contributed by atoms with E-state index in [2.05, 4.69) is 6.92 Å². The number of hydrogen-bond donors (Lipinski definition) is 2. The molecule has 1 unspecified atom stereocenters. The molecule has 3 heteroatoms. The molecule has 0 amide bonds. The SMILES string of the molecule is CCCC1CCC(CN)(C(O)c2cccc(Cl)c2)CC1. The van der Waals surface area contributed by atoms with Gasteiger partial charge in [0.05, 0.1) is 6.10 Å². The van der Waals surface area contributed by atoms with E-state index in [4.69, 9.17) is 17.3 Å². The summed E-state index contributed by atoms with van der Waals surface area (Å²) in [5, 5.41) is 11.5. The van der Waals surface area contributed by atoms with Crippen molar-refractivity contribution in [3.63, 3.8) is 0 Å². The second-order valence-electron chi connectivity index (χ2n) is 6.26. The van der Waals surface area contributed by atoms with Gasteiger partial charge in [0.1, 0.15) is 0 Å². The highest BCUT2D eigenvalue weighted by molar-refractivity contribution is 6.30. The van der Waals surface area contributed by atoms with Crippen LogP contribution < -0.4 is 5.73 Å². The lowest BCUT2D eigenvalue weighted by atomic mass is 9.65. The molecule has 0 aliphatic heterocycles. The van der Waals surface area contributed by atoms with Crippen LogP contribution in [0, 0.1) is 11.3 Å². The highest BCUT2D eigenvalue weighted by Gasteiger charge is 2.40. The maximum atomic E-state index is 10.8. The van der Waals surface area contributed by atoms with Crippen LogP contribution in [0.5, 0.6) is 0 Å². The van der Waals surface area contributed by atoms with Gasteiger partial charge in [-0.25, -0.2) is 0 Å². The molecule has 112 valence electrons. The molecule has 0 aromatic heterocycles. The predicted octanol–water partition coefficient (Wildman–Crippen LogP) is 4.31. The Kier molecular flexibility index (Phi) is 5.48. The highest BCUT2D eigenvalue weighted by Crippen LogP contribution is 2.47. The summed E-state index contributed by atoms with van der Waals surface area (Å²) in [7, 11) is 0. The lowest BCUT2D eigenvalue weighted by Gasteiger charge is -2.43. The Morgan fingerprint density at radius 3 is 2.65 bits per heavy atom. The van der Waals surface area contributed by atoms with Crippen molar-refractivity contribution in [3.05, 3.63) is 34.9 Å². The Bertz CT molecular complexity index is 427. The molecule has 2 rings (SSSR count). The Labute approximate surface area is 127 Å². The zero-order chi connectivity index (χ0) is 14.6. The summed E-state index contributed by atoms with van der Waals surface area (Å²) < 4.78 is 0. The fourth-order valence-electron chi connectivity index (χ4n) is 3.57. The summed E-state index contributed by atoms with van der Waals surface area (Å²) in [6.45, 7) is 2.78. The Hall–Kier alpha value is -0.570. The molecule has 1 saturated carbocycles. The molecule has 1 aromatic rings. The molecule has 1 aliphatic rings. The summed E-state index contributed by atoms with van der Waals surface area (Å²) >= 11 is 6.04. The van der Waals surface area contributed by atoms with Crippen LogP contribution in [0.3, 0.4) is 0 Å². The smallest absolute Gasteiger partial charge is 0.0858 e. The fourth-order valence-corrected chi connectivity index (χ4v) is 3.77. The number of benzene rings is 1. The van der Waals surface area contributed by atoms with Crippen molar-refractivity contribution in [2.45, 2.75) is 51.6 Å². The van der Waals surface area contributed by atoms with E-state index in [9.17, 15) is 5.11 Å². The second-order valence-corrected chi connectivity index (χ2v) is 6.69. The van der Waals surface area contributed by atoms with E-state index < -0.39 is 6.10 Å². The van der Waals surface area contributed by atoms with Gasteiger partial charge in [-0.05, 0) is 49.3 Å². The zero-order valence-electron chi connectivity index (χ0n) is 12.3. The molecule has 0 heterocycles. The van der Waals surface area contributed by atoms with Crippen molar-refractivity contribution in [1.29, 1.82) is 0 Å².